The molecule has 4 nitrogen and oxygen atoms in total. The smallest absolute Gasteiger partial charge is 0.284 e. The summed E-state index contributed by atoms with van der Waals surface area (Å²) in [4.78, 5) is 22.3. The number of nitrogens with zero attached hydrogens (tertiary/aromatic N) is 1. The minimum absolute atomic E-state index is 0.126. The third-order valence-corrected chi connectivity index (χ3v) is 3.54. The molecule has 0 N–H and O–H groups in total. The lowest BCUT2D eigenvalue weighted by Crippen LogP contribution is -1.97. The number of carbonyl (C=O) groups is 1. The van der Waals surface area contributed by atoms with Gasteiger partial charge < -0.3 is 0 Å². The monoisotopic (exact) mass is 357 g/mol. The molecule has 2 aromatic carbocycles. The van der Waals surface area contributed by atoms with Gasteiger partial charge in [0.15, 0.2) is 5.78 Å². The van der Waals surface area contributed by atoms with Crippen LogP contribution in [-0.2, 0) is 0 Å². The van der Waals surface area contributed by atoms with E-state index < -0.39 is 4.92 Å². The fourth-order valence-electron chi connectivity index (χ4n) is 1.78. The molecule has 0 aromatic heterocycles. The van der Waals surface area contributed by atoms with Gasteiger partial charge in [-0.15, -0.1) is 0 Å². The maximum atomic E-state index is 12.0. The van der Waals surface area contributed by atoms with Gasteiger partial charge in [0.2, 0.25) is 0 Å². The van der Waals surface area contributed by atoms with Crippen molar-refractivity contribution in [2.75, 3.05) is 0 Å². The second-order valence-electron chi connectivity index (χ2n) is 4.42. The molecule has 0 fully saturated rings. The van der Waals surface area contributed by atoms with Crippen molar-refractivity contribution in [2.45, 2.75) is 0 Å². The molecule has 0 heterocycles. The van der Waals surface area contributed by atoms with E-state index in [1.165, 1.54) is 18.2 Å². The Morgan fingerprint density at radius 3 is 2.50 bits per heavy atom. The SMILES string of the molecule is O=C(/C=C/C=C/c1ccccc1)c1ccc(Br)c([N+](=O)[O-])c1. The van der Waals surface area contributed by atoms with Gasteiger partial charge in [-0.05, 0) is 39.7 Å². The molecule has 0 unspecified atom stereocenters. The summed E-state index contributed by atoms with van der Waals surface area (Å²) in [5, 5.41) is 10.8. The van der Waals surface area contributed by atoms with E-state index in [2.05, 4.69) is 15.9 Å². The summed E-state index contributed by atoms with van der Waals surface area (Å²) in [5.74, 6) is -0.284. The lowest BCUT2D eigenvalue weighted by molar-refractivity contribution is -0.385. The number of ketones is 1. The molecular weight excluding hydrogens is 346 g/mol. The Morgan fingerprint density at radius 1 is 1.09 bits per heavy atom. The van der Waals surface area contributed by atoms with E-state index in [0.717, 1.165) is 5.56 Å². The Balaban J connectivity index is 2.09. The largest absolute Gasteiger partial charge is 0.289 e. The molecule has 0 atom stereocenters. The van der Waals surface area contributed by atoms with Gasteiger partial charge in [0.05, 0.1) is 9.40 Å². The van der Waals surface area contributed by atoms with E-state index in [0.29, 0.717) is 4.47 Å². The summed E-state index contributed by atoms with van der Waals surface area (Å²) < 4.78 is 0.349. The van der Waals surface area contributed by atoms with Crippen molar-refractivity contribution in [2.24, 2.45) is 0 Å². The van der Waals surface area contributed by atoms with Crippen molar-refractivity contribution in [3.63, 3.8) is 0 Å². The predicted octanol–water partition coefficient (Wildman–Crippen LogP) is 4.81. The third kappa shape index (κ3) is 4.23. The zero-order chi connectivity index (χ0) is 15.9. The maximum absolute atomic E-state index is 12.0. The zero-order valence-electron chi connectivity index (χ0n) is 11.5. The molecule has 0 amide bonds. The lowest BCUT2D eigenvalue weighted by Gasteiger charge is -1.98. The first-order valence-corrected chi connectivity index (χ1v) is 7.25. The fourth-order valence-corrected chi connectivity index (χ4v) is 2.17. The Morgan fingerprint density at radius 2 is 1.82 bits per heavy atom. The van der Waals surface area contributed by atoms with Crippen LogP contribution in [0, 0.1) is 10.1 Å². The number of nitro groups is 1. The van der Waals surface area contributed by atoms with Gasteiger partial charge in [-0.3, -0.25) is 14.9 Å². The van der Waals surface area contributed by atoms with Crippen LogP contribution in [0.1, 0.15) is 15.9 Å². The number of carbonyl (C=O) groups excluding carboxylic acids is 1. The lowest BCUT2D eigenvalue weighted by atomic mass is 10.1. The van der Waals surface area contributed by atoms with Crippen LogP contribution in [0.2, 0.25) is 0 Å². The molecule has 0 spiro atoms. The molecule has 0 bridgehead atoms. The number of halogens is 1. The third-order valence-electron chi connectivity index (χ3n) is 2.87. The van der Waals surface area contributed by atoms with Crippen LogP contribution in [0.3, 0.4) is 0 Å². The van der Waals surface area contributed by atoms with E-state index >= 15 is 0 Å². The predicted molar refractivity (Wildman–Crippen MR) is 89.7 cm³/mol. The van der Waals surface area contributed by atoms with Crippen molar-refractivity contribution in [3.05, 3.63) is 92.5 Å². The summed E-state index contributed by atoms with van der Waals surface area (Å²) in [6.45, 7) is 0. The number of benzene rings is 2. The van der Waals surface area contributed by atoms with Gasteiger partial charge in [-0.25, -0.2) is 0 Å². The first-order chi connectivity index (χ1) is 10.6. The van der Waals surface area contributed by atoms with E-state index in [1.54, 1.807) is 18.2 Å². The van der Waals surface area contributed by atoms with Crippen molar-refractivity contribution >= 4 is 33.5 Å². The first-order valence-electron chi connectivity index (χ1n) is 6.46. The standard InChI is InChI=1S/C17H12BrNO3/c18-15-11-10-14(12-16(15)19(21)22)17(20)9-5-4-8-13-6-2-1-3-7-13/h1-12H/b8-4+,9-5+. The van der Waals surface area contributed by atoms with Crippen LogP contribution in [0.5, 0.6) is 0 Å². The van der Waals surface area contributed by atoms with E-state index in [9.17, 15) is 14.9 Å². The molecular formula is C17H12BrNO3. The van der Waals surface area contributed by atoms with E-state index in [1.807, 2.05) is 36.4 Å². The minimum Gasteiger partial charge on any atom is -0.289 e. The Hall–Kier alpha value is -2.53. The molecule has 5 heteroatoms. The molecule has 0 radical (unpaired) electrons. The second-order valence-corrected chi connectivity index (χ2v) is 5.27. The summed E-state index contributed by atoms with van der Waals surface area (Å²) in [7, 11) is 0. The van der Waals surface area contributed by atoms with Crippen molar-refractivity contribution in [1.82, 2.24) is 0 Å². The van der Waals surface area contributed by atoms with Crippen LogP contribution in [0.15, 0.2) is 71.2 Å². The minimum atomic E-state index is -0.528. The van der Waals surface area contributed by atoms with Gasteiger partial charge in [-0.1, -0.05) is 48.6 Å². The van der Waals surface area contributed by atoms with Crippen molar-refractivity contribution in [1.29, 1.82) is 0 Å². The highest BCUT2D eigenvalue weighted by molar-refractivity contribution is 9.10. The number of nitro benzene ring substituents is 1. The number of allylic oxidation sites excluding steroid dienone is 3. The van der Waals surface area contributed by atoms with Crippen LogP contribution < -0.4 is 0 Å². The molecule has 110 valence electrons. The van der Waals surface area contributed by atoms with Crippen molar-refractivity contribution < 1.29 is 9.72 Å². The molecule has 0 aliphatic carbocycles. The van der Waals surface area contributed by atoms with Crippen LogP contribution >= 0.6 is 15.9 Å². The van der Waals surface area contributed by atoms with Gasteiger partial charge >= 0.3 is 0 Å². The fraction of sp³-hybridized carbons (Fsp3) is 0. The van der Waals surface area contributed by atoms with Crippen LogP contribution in [0.4, 0.5) is 5.69 Å². The molecule has 2 rings (SSSR count). The molecule has 0 saturated carbocycles. The first kappa shape index (κ1) is 15.9. The highest BCUT2D eigenvalue weighted by Gasteiger charge is 2.14. The quantitative estimate of drug-likeness (QED) is 0.253. The van der Waals surface area contributed by atoms with Crippen LogP contribution in [-0.4, -0.2) is 10.7 Å². The van der Waals surface area contributed by atoms with Crippen LogP contribution in [0.25, 0.3) is 6.08 Å². The summed E-state index contributed by atoms with van der Waals surface area (Å²) in [6, 6.07) is 14.0. The van der Waals surface area contributed by atoms with Gasteiger partial charge in [0, 0.05) is 11.6 Å². The molecule has 0 saturated heterocycles. The van der Waals surface area contributed by atoms with E-state index in [4.69, 9.17) is 0 Å². The number of rotatable bonds is 5. The Bertz CT molecular complexity index is 752. The van der Waals surface area contributed by atoms with E-state index in [-0.39, 0.29) is 17.0 Å². The molecule has 22 heavy (non-hydrogen) atoms. The summed E-state index contributed by atoms with van der Waals surface area (Å²) in [5.41, 5.74) is 1.18. The Kier molecular flexibility index (Phi) is 5.38. The number of hydrogen-bond acceptors (Lipinski definition) is 3. The topological polar surface area (TPSA) is 60.2 Å². The molecule has 0 aliphatic rings. The Labute approximate surface area is 136 Å². The average Bonchev–Trinajstić information content (AvgIpc) is 2.52. The second kappa shape index (κ2) is 7.47. The van der Waals surface area contributed by atoms with Gasteiger partial charge in [0.1, 0.15) is 0 Å². The zero-order valence-corrected chi connectivity index (χ0v) is 13.1. The molecule has 2 aromatic rings. The number of hydrogen-bond donors (Lipinski definition) is 0. The van der Waals surface area contributed by atoms with Crippen molar-refractivity contribution in [3.8, 4) is 0 Å². The summed E-state index contributed by atoms with van der Waals surface area (Å²) in [6.07, 6.45) is 6.62. The normalized spacial score (nSPS) is 11.1. The highest BCUT2D eigenvalue weighted by atomic mass is 79.9. The maximum Gasteiger partial charge on any atom is 0.284 e. The molecule has 0 aliphatic heterocycles. The average molecular weight is 358 g/mol. The van der Waals surface area contributed by atoms with Gasteiger partial charge in [-0.2, -0.15) is 0 Å². The van der Waals surface area contributed by atoms with Gasteiger partial charge in [0.25, 0.3) is 5.69 Å². The summed E-state index contributed by atoms with van der Waals surface area (Å²) >= 11 is 3.09. The highest BCUT2D eigenvalue weighted by Crippen LogP contribution is 2.25.